The van der Waals surface area contributed by atoms with Crippen LogP contribution in [0.25, 0.3) is 5.78 Å². The van der Waals surface area contributed by atoms with Crippen LogP contribution in [0, 0.1) is 13.8 Å². The van der Waals surface area contributed by atoms with Gasteiger partial charge in [-0.3, -0.25) is 9.69 Å². The number of carbonyl (C=O) groups is 1. The second-order valence-corrected chi connectivity index (χ2v) is 7.29. The Morgan fingerprint density at radius 2 is 1.86 bits per heavy atom. The molecule has 0 unspecified atom stereocenters. The molecule has 152 valence electrons. The molecule has 0 N–H and O–H groups in total. The van der Waals surface area contributed by atoms with E-state index in [0.29, 0.717) is 18.8 Å². The molecule has 1 fully saturated rings. The van der Waals surface area contributed by atoms with Crippen LogP contribution in [0.4, 0.5) is 0 Å². The van der Waals surface area contributed by atoms with Gasteiger partial charge in [0.25, 0.3) is 5.78 Å². The van der Waals surface area contributed by atoms with Crippen molar-refractivity contribution in [2.45, 2.75) is 20.3 Å². The summed E-state index contributed by atoms with van der Waals surface area (Å²) in [4.78, 5) is 25.7. The Morgan fingerprint density at radius 3 is 2.62 bits per heavy atom. The minimum atomic E-state index is 0.137. The van der Waals surface area contributed by atoms with Crippen LogP contribution in [0.2, 0.25) is 0 Å². The molecule has 1 saturated heterocycles. The van der Waals surface area contributed by atoms with E-state index < -0.39 is 0 Å². The van der Waals surface area contributed by atoms with Gasteiger partial charge >= 0.3 is 0 Å². The fourth-order valence-corrected chi connectivity index (χ4v) is 3.70. The maximum Gasteiger partial charge on any atom is 0.252 e. The van der Waals surface area contributed by atoms with E-state index in [2.05, 4.69) is 20.0 Å². The lowest BCUT2D eigenvalue weighted by Crippen LogP contribution is -2.50. The smallest absolute Gasteiger partial charge is 0.252 e. The van der Waals surface area contributed by atoms with Gasteiger partial charge in [-0.1, -0.05) is 18.2 Å². The average molecular weight is 394 g/mol. The lowest BCUT2D eigenvalue weighted by molar-refractivity contribution is -0.132. The fraction of sp³-hybridized carbons (Fsp3) is 0.429. The Kier molecular flexibility index (Phi) is 5.71. The number of amides is 1. The number of hydrogen-bond donors (Lipinski definition) is 0. The van der Waals surface area contributed by atoms with Gasteiger partial charge < -0.3 is 9.64 Å². The van der Waals surface area contributed by atoms with E-state index >= 15 is 0 Å². The van der Waals surface area contributed by atoms with Gasteiger partial charge in [-0.15, -0.1) is 0 Å². The molecule has 8 nitrogen and oxygen atoms in total. The Bertz CT molecular complexity index is 980. The molecule has 0 spiro atoms. The van der Waals surface area contributed by atoms with Gasteiger partial charge in [0.1, 0.15) is 18.7 Å². The van der Waals surface area contributed by atoms with Crippen molar-refractivity contribution in [1.82, 2.24) is 29.4 Å². The minimum Gasteiger partial charge on any atom is -0.492 e. The standard InChI is InChI=1S/C21H26N6O2/c1-16-19(17(2)27-21(24-16)22-15-23-27)14-20(28)26-10-8-25(9-11-26)12-13-29-18-6-4-3-5-7-18/h3-7,15H,8-14H2,1-2H3. The van der Waals surface area contributed by atoms with Crippen molar-refractivity contribution >= 4 is 11.7 Å². The Morgan fingerprint density at radius 1 is 1.10 bits per heavy atom. The van der Waals surface area contributed by atoms with Crippen molar-refractivity contribution in [3.8, 4) is 5.75 Å². The molecule has 0 bridgehead atoms. The van der Waals surface area contributed by atoms with Crippen LogP contribution in [0.15, 0.2) is 36.7 Å². The maximum absolute atomic E-state index is 12.9. The molecule has 29 heavy (non-hydrogen) atoms. The van der Waals surface area contributed by atoms with Crippen molar-refractivity contribution in [3.05, 3.63) is 53.6 Å². The third-order valence-electron chi connectivity index (χ3n) is 5.46. The van der Waals surface area contributed by atoms with Gasteiger partial charge in [-0.25, -0.2) is 9.50 Å². The van der Waals surface area contributed by atoms with E-state index in [4.69, 9.17) is 4.74 Å². The highest BCUT2D eigenvalue weighted by molar-refractivity contribution is 5.79. The van der Waals surface area contributed by atoms with Gasteiger partial charge in [0.15, 0.2) is 0 Å². The number of fused-ring (bicyclic) bond motifs is 1. The number of carbonyl (C=O) groups excluding carboxylic acids is 1. The number of ether oxygens (including phenoxy) is 1. The number of hydrogen-bond acceptors (Lipinski definition) is 6. The molecule has 0 aliphatic carbocycles. The number of nitrogens with zero attached hydrogens (tertiary/aromatic N) is 6. The quantitative estimate of drug-likeness (QED) is 0.631. The average Bonchev–Trinajstić information content (AvgIpc) is 3.21. The third-order valence-corrected chi connectivity index (χ3v) is 5.46. The molecule has 0 atom stereocenters. The SMILES string of the molecule is Cc1nc2ncnn2c(C)c1CC(=O)N1CCN(CCOc2ccccc2)CC1. The summed E-state index contributed by atoms with van der Waals surface area (Å²) in [6.07, 6.45) is 1.83. The lowest BCUT2D eigenvalue weighted by atomic mass is 10.1. The first kappa shape index (κ1) is 19.3. The highest BCUT2D eigenvalue weighted by Crippen LogP contribution is 2.15. The maximum atomic E-state index is 12.9. The van der Waals surface area contributed by atoms with Gasteiger partial charge in [0.05, 0.1) is 6.42 Å². The molecule has 1 aliphatic heterocycles. The molecule has 8 heteroatoms. The number of aromatic nitrogens is 4. The van der Waals surface area contributed by atoms with Crippen LogP contribution < -0.4 is 4.74 Å². The van der Waals surface area contributed by atoms with Crippen LogP contribution in [0.5, 0.6) is 5.75 Å². The molecule has 1 aromatic carbocycles. The van der Waals surface area contributed by atoms with Gasteiger partial charge in [-0.05, 0) is 26.0 Å². The molecular formula is C21H26N6O2. The first-order chi connectivity index (χ1) is 14.1. The largest absolute Gasteiger partial charge is 0.492 e. The number of rotatable bonds is 6. The van der Waals surface area contributed by atoms with Crippen molar-refractivity contribution in [1.29, 1.82) is 0 Å². The summed E-state index contributed by atoms with van der Waals surface area (Å²) >= 11 is 0. The summed E-state index contributed by atoms with van der Waals surface area (Å²) in [6.45, 7) is 8.60. The zero-order valence-corrected chi connectivity index (χ0v) is 16.9. The normalized spacial score (nSPS) is 15.0. The number of benzene rings is 1. The molecular weight excluding hydrogens is 368 g/mol. The number of piperazine rings is 1. The van der Waals surface area contributed by atoms with Crippen molar-refractivity contribution < 1.29 is 9.53 Å². The van der Waals surface area contributed by atoms with Crippen LogP contribution >= 0.6 is 0 Å². The molecule has 3 aromatic rings. The third kappa shape index (κ3) is 4.37. The predicted octanol–water partition coefficient (Wildman–Crippen LogP) is 1.51. The summed E-state index contributed by atoms with van der Waals surface area (Å²) < 4.78 is 7.47. The molecule has 2 aromatic heterocycles. The first-order valence-electron chi connectivity index (χ1n) is 9.95. The minimum absolute atomic E-state index is 0.137. The molecule has 0 radical (unpaired) electrons. The molecule has 4 rings (SSSR count). The van der Waals surface area contributed by atoms with Crippen LogP contribution in [-0.4, -0.2) is 74.6 Å². The summed E-state index contributed by atoms with van der Waals surface area (Å²) in [5.41, 5.74) is 2.70. The zero-order chi connectivity index (χ0) is 20.2. The van der Waals surface area contributed by atoms with E-state index in [1.807, 2.05) is 49.1 Å². The molecule has 1 amide bonds. The second-order valence-electron chi connectivity index (χ2n) is 7.29. The van der Waals surface area contributed by atoms with E-state index in [9.17, 15) is 4.79 Å². The molecule has 3 heterocycles. The van der Waals surface area contributed by atoms with E-state index in [0.717, 1.165) is 55.4 Å². The first-order valence-corrected chi connectivity index (χ1v) is 9.95. The highest BCUT2D eigenvalue weighted by Gasteiger charge is 2.23. The lowest BCUT2D eigenvalue weighted by Gasteiger charge is -2.34. The van der Waals surface area contributed by atoms with Crippen molar-refractivity contribution in [2.24, 2.45) is 0 Å². The molecule has 1 aliphatic rings. The fourth-order valence-electron chi connectivity index (χ4n) is 3.70. The van der Waals surface area contributed by atoms with Gasteiger partial charge in [0, 0.05) is 49.7 Å². The van der Waals surface area contributed by atoms with Gasteiger partial charge in [-0.2, -0.15) is 10.1 Å². The highest BCUT2D eigenvalue weighted by atomic mass is 16.5. The summed E-state index contributed by atoms with van der Waals surface area (Å²) in [6, 6.07) is 9.85. The Balaban J connectivity index is 1.28. The molecule has 0 saturated carbocycles. The van der Waals surface area contributed by atoms with Gasteiger partial charge in [0.2, 0.25) is 5.91 Å². The zero-order valence-electron chi connectivity index (χ0n) is 16.9. The van der Waals surface area contributed by atoms with E-state index in [1.54, 1.807) is 4.52 Å². The van der Waals surface area contributed by atoms with Crippen molar-refractivity contribution in [3.63, 3.8) is 0 Å². The summed E-state index contributed by atoms with van der Waals surface area (Å²) in [5, 5.41) is 4.20. The Labute approximate surface area is 170 Å². The Hall–Kier alpha value is -3.00. The topological polar surface area (TPSA) is 75.9 Å². The predicted molar refractivity (Wildman–Crippen MR) is 109 cm³/mol. The van der Waals surface area contributed by atoms with E-state index in [-0.39, 0.29) is 5.91 Å². The summed E-state index contributed by atoms with van der Waals surface area (Å²) in [7, 11) is 0. The van der Waals surface area contributed by atoms with Crippen molar-refractivity contribution in [2.75, 3.05) is 39.3 Å². The van der Waals surface area contributed by atoms with Crippen LogP contribution in [0.3, 0.4) is 0 Å². The number of aryl methyl sites for hydroxylation is 2. The summed E-state index contributed by atoms with van der Waals surface area (Å²) in [5.74, 6) is 1.60. The van der Waals surface area contributed by atoms with E-state index in [1.165, 1.54) is 6.33 Å². The monoisotopic (exact) mass is 394 g/mol. The number of para-hydroxylation sites is 1. The second kappa shape index (κ2) is 8.57. The van der Waals surface area contributed by atoms with Crippen LogP contribution in [0.1, 0.15) is 17.0 Å². The van der Waals surface area contributed by atoms with Crippen LogP contribution in [-0.2, 0) is 11.2 Å².